The highest BCUT2D eigenvalue weighted by atomic mass is 19.1. The summed E-state index contributed by atoms with van der Waals surface area (Å²) in [5.74, 6) is -6.32. The highest BCUT2D eigenvalue weighted by molar-refractivity contribution is 6.21. The van der Waals surface area contributed by atoms with E-state index in [1.54, 1.807) is 4.90 Å². The monoisotopic (exact) mass is 475 g/mol. The molecule has 1 N–H and O–H groups in total. The third kappa shape index (κ3) is 3.61. The van der Waals surface area contributed by atoms with Crippen LogP contribution in [0.25, 0.3) is 0 Å². The molecule has 2 aromatic rings. The number of hydrogen-bond acceptors (Lipinski definition) is 5. The number of carbonyl (C=O) groups is 2. The summed E-state index contributed by atoms with van der Waals surface area (Å²) < 4.78 is 57.9. The maximum atomic E-state index is 15.7. The molecule has 34 heavy (non-hydrogen) atoms. The first-order valence-corrected chi connectivity index (χ1v) is 11.0. The second kappa shape index (κ2) is 8.11. The molecule has 6 nitrogen and oxygen atoms in total. The predicted molar refractivity (Wildman–Crippen MR) is 117 cm³/mol. The number of halogens is 4. The summed E-state index contributed by atoms with van der Waals surface area (Å²) in [6.07, 6.45) is 3.78. The molecule has 178 valence electrons. The summed E-state index contributed by atoms with van der Waals surface area (Å²) in [6, 6.07) is 3.18. The molecule has 2 aliphatic heterocycles. The van der Waals surface area contributed by atoms with E-state index in [9.17, 15) is 23.5 Å². The number of benzene rings is 2. The zero-order chi connectivity index (χ0) is 24.2. The molecule has 0 spiro atoms. The van der Waals surface area contributed by atoms with Gasteiger partial charge in [-0.25, -0.2) is 22.4 Å². The Morgan fingerprint density at radius 3 is 2.26 bits per heavy atom. The number of hydrogen-bond donors (Lipinski definition) is 1. The minimum atomic E-state index is -2.42. The molecule has 2 aromatic carbocycles. The van der Waals surface area contributed by atoms with Crippen LogP contribution in [-0.4, -0.2) is 54.3 Å². The lowest BCUT2D eigenvalue weighted by Crippen LogP contribution is -2.58. The van der Waals surface area contributed by atoms with E-state index < -0.39 is 52.7 Å². The van der Waals surface area contributed by atoms with Gasteiger partial charge in [0.15, 0.2) is 5.82 Å². The molecule has 0 amide bonds. The number of nitrogens with zero attached hydrogens (tertiary/aromatic N) is 3. The maximum absolute atomic E-state index is 15.7. The van der Waals surface area contributed by atoms with Gasteiger partial charge < -0.3 is 14.9 Å². The minimum absolute atomic E-state index is 0.0866. The van der Waals surface area contributed by atoms with Crippen molar-refractivity contribution >= 4 is 29.3 Å². The van der Waals surface area contributed by atoms with E-state index in [0.29, 0.717) is 32.0 Å². The van der Waals surface area contributed by atoms with Crippen LogP contribution >= 0.6 is 0 Å². The van der Waals surface area contributed by atoms with Gasteiger partial charge in [-0.3, -0.25) is 9.79 Å². The van der Waals surface area contributed by atoms with Gasteiger partial charge in [0.1, 0.15) is 23.1 Å². The van der Waals surface area contributed by atoms with Crippen molar-refractivity contribution < 1.29 is 32.3 Å². The number of carbonyl (C=O) groups excluding carboxylic acids is 1. The summed E-state index contributed by atoms with van der Waals surface area (Å²) in [4.78, 5) is 32.9. The lowest BCUT2D eigenvalue weighted by Gasteiger charge is -2.40. The van der Waals surface area contributed by atoms with E-state index in [1.165, 1.54) is 4.90 Å². The Labute approximate surface area is 192 Å². The van der Waals surface area contributed by atoms with Crippen LogP contribution < -0.4 is 9.80 Å². The van der Waals surface area contributed by atoms with Gasteiger partial charge in [-0.1, -0.05) is 0 Å². The molecule has 0 aromatic heterocycles. The molecule has 1 saturated carbocycles. The van der Waals surface area contributed by atoms with Crippen LogP contribution in [-0.2, 0) is 4.79 Å². The lowest BCUT2D eigenvalue weighted by molar-refractivity contribution is -0.141. The fourth-order valence-electron chi connectivity index (χ4n) is 4.76. The number of carboxylic acids is 1. The number of carboxylic acid groups (broad SMARTS) is 1. The zero-order valence-electron chi connectivity index (χ0n) is 18.0. The van der Waals surface area contributed by atoms with Gasteiger partial charge in [-0.2, -0.15) is 0 Å². The molecule has 1 saturated heterocycles. The minimum Gasteiger partial charge on any atom is -0.479 e. The van der Waals surface area contributed by atoms with Crippen molar-refractivity contribution in [3.8, 4) is 0 Å². The Morgan fingerprint density at radius 2 is 1.68 bits per heavy atom. The third-order valence-corrected chi connectivity index (χ3v) is 6.56. The van der Waals surface area contributed by atoms with Gasteiger partial charge in [-0.05, 0) is 49.4 Å². The number of aliphatic imine (C=N–C) groups is 1. The van der Waals surface area contributed by atoms with Crippen molar-refractivity contribution in [2.45, 2.75) is 37.3 Å². The molecule has 10 heteroatoms. The van der Waals surface area contributed by atoms with Crippen LogP contribution in [0.4, 0.5) is 28.9 Å². The highest BCUT2D eigenvalue weighted by Crippen LogP contribution is 2.45. The van der Waals surface area contributed by atoms with E-state index in [0.717, 1.165) is 37.3 Å². The predicted octanol–water partition coefficient (Wildman–Crippen LogP) is 3.95. The molecule has 3 aliphatic rings. The average Bonchev–Trinajstić information content (AvgIpc) is 3.48. The lowest BCUT2D eigenvalue weighted by atomic mass is 9.83. The molecule has 0 bridgehead atoms. The Hall–Kier alpha value is -3.43. The van der Waals surface area contributed by atoms with E-state index in [1.807, 2.05) is 0 Å². The van der Waals surface area contributed by atoms with Crippen molar-refractivity contribution in [1.82, 2.24) is 0 Å². The molecule has 5 rings (SSSR count). The van der Waals surface area contributed by atoms with Crippen molar-refractivity contribution in [3.63, 3.8) is 0 Å². The number of anilines is 2. The quantitative estimate of drug-likeness (QED) is 0.403. The molecular formula is C24H21F4N3O3. The van der Waals surface area contributed by atoms with Gasteiger partial charge in [0.05, 0.1) is 17.8 Å². The van der Waals surface area contributed by atoms with Crippen LogP contribution in [0.15, 0.2) is 29.3 Å². The number of fused-ring (bicyclic) bond motifs is 1. The van der Waals surface area contributed by atoms with Crippen LogP contribution in [0.5, 0.6) is 0 Å². The Morgan fingerprint density at radius 1 is 1.03 bits per heavy atom. The number of rotatable bonds is 5. The largest absolute Gasteiger partial charge is 0.479 e. The molecule has 1 unspecified atom stereocenters. The first kappa shape index (κ1) is 22.4. The van der Waals surface area contributed by atoms with E-state index >= 15 is 8.78 Å². The van der Waals surface area contributed by atoms with Crippen LogP contribution in [0.1, 0.15) is 41.6 Å². The standard InChI is InChI=1S/C24H21F4N3O3/c25-14-7-13(8-15(26)9-14)11-29-24(23(33)34)12-31(16-3-4-16)20-17(22(24)32)10-18(27)21(19(20)28)30-5-1-2-6-30/h7-11,16H,1-6,12H2,(H,33,34). The van der Waals surface area contributed by atoms with Gasteiger partial charge in [-0.15, -0.1) is 0 Å². The highest BCUT2D eigenvalue weighted by Gasteiger charge is 2.55. The zero-order valence-corrected chi connectivity index (χ0v) is 18.0. The Bertz CT molecular complexity index is 1200. The van der Waals surface area contributed by atoms with Crippen molar-refractivity contribution in [2.75, 3.05) is 29.4 Å². The molecule has 1 aliphatic carbocycles. The fraction of sp³-hybridized carbons (Fsp3) is 0.375. The van der Waals surface area contributed by atoms with Crippen LogP contribution in [0.2, 0.25) is 0 Å². The average molecular weight is 475 g/mol. The Balaban J connectivity index is 1.64. The molecule has 0 radical (unpaired) electrons. The first-order valence-electron chi connectivity index (χ1n) is 11.0. The molecular weight excluding hydrogens is 454 g/mol. The van der Waals surface area contributed by atoms with E-state index in [4.69, 9.17) is 0 Å². The summed E-state index contributed by atoms with van der Waals surface area (Å²) in [5, 5.41) is 10.1. The summed E-state index contributed by atoms with van der Waals surface area (Å²) in [6.45, 7) is 0.490. The van der Waals surface area contributed by atoms with E-state index in [-0.39, 0.29) is 23.0 Å². The van der Waals surface area contributed by atoms with Crippen molar-refractivity contribution in [3.05, 3.63) is 58.7 Å². The van der Waals surface area contributed by atoms with Crippen molar-refractivity contribution in [1.29, 1.82) is 0 Å². The normalized spacial score (nSPS) is 22.5. The summed E-state index contributed by atoms with van der Waals surface area (Å²) in [7, 11) is 0. The van der Waals surface area contributed by atoms with Gasteiger partial charge >= 0.3 is 5.97 Å². The number of aliphatic carboxylic acids is 1. The second-order valence-electron chi connectivity index (χ2n) is 8.93. The number of ketones is 1. The topological polar surface area (TPSA) is 73.2 Å². The molecule has 1 atom stereocenters. The summed E-state index contributed by atoms with van der Waals surface area (Å²) in [5.41, 5.74) is -3.24. The fourth-order valence-corrected chi connectivity index (χ4v) is 4.76. The Kier molecular flexibility index (Phi) is 5.33. The van der Waals surface area contributed by atoms with Gasteiger partial charge in [0, 0.05) is 31.4 Å². The SMILES string of the molecule is O=C(O)C1(N=Cc2cc(F)cc(F)c2)CN(C2CC2)c2c(cc(F)c(N3CCCC3)c2F)C1=O. The number of Topliss-reactive ketones (excluding diaryl/α,β-unsaturated/α-hetero) is 1. The van der Waals surface area contributed by atoms with Crippen LogP contribution in [0, 0.1) is 23.3 Å². The smallest absolute Gasteiger partial charge is 0.341 e. The second-order valence-corrected chi connectivity index (χ2v) is 8.93. The van der Waals surface area contributed by atoms with Crippen LogP contribution in [0.3, 0.4) is 0 Å². The first-order chi connectivity index (χ1) is 16.2. The van der Waals surface area contributed by atoms with Gasteiger partial charge in [0.25, 0.3) is 0 Å². The summed E-state index contributed by atoms with van der Waals surface area (Å²) >= 11 is 0. The van der Waals surface area contributed by atoms with E-state index in [2.05, 4.69) is 4.99 Å². The maximum Gasteiger partial charge on any atom is 0.341 e. The van der Waals surface area contributed by atoms with Crippen molar-refractivity contribution in [2.24, 2.45) is 4.99 Å². The molecule has 2 heterocycles. The third-order valence-electron chi connectivity index (χ3n) is 6.56. The van der Waals surface area contributed by atoms with Gasteiger partial charge in [0.2, 0.25) is 11.3 Å². The molecule has 2 fully saturated rings.